The molecule has 0 aromatic heterocycles. The molecule has 0 radical (unpaired) electrons. The van der Waals surface area contributed by atoms with Gasteiger partial charge in [0, 0.05) is 11.6 Å². The molecule has 4 heteroatoms. The third-order valence-corrected chi connectivity index (χ3v) is 6.98. The number of halogens is 1. The Morgan fingerprint density at radius 1 is 1.06 bits per heavy atom. The van der Waals surface area contributed by atoms with E-state index in [2.05, 4.69) is 101 Å². The van der Waals surface area contributed by atoms with E-state index in [1.165, 1.54) is 22.4 Å². The molecule has 0 spiro atoms. The molecule has 5 rings (SSSR count). The predicted octanol–water partition coefficient (Wildman–Crippen LogP) is 7.17. The first-order valence-corrected chi connectivity index (χ1v) is 11.5. The lowest BCUT2D eigenvalue weighted by Crippen LogP contribution is -2.29. The van der Waals surface area contributed by atoms with E-state index in [-0.39, 0.29) is 6.04 Å². The fourth-order valence-electron chi connectivity index (χ4n) is 4.77. The summed E-state index contributed by atoms with van der Waals surface area (Å²) in [4.78, 5) is 0. The summed E-state index contributed by atoms with van der Waals surface area (Å²) in [5.74, 6) is 2.43. The minimum atomic E-state index is 0.214. The van der Waals surface area contributed by atoms with Gasteiger partial charge in [0.15, 0.2) is 11.5 Å². The van der Waals surface area contributed by atoms with Crippen molar-refractivity contribution in [1.82, 2.24) is 0 Å². The molecule has 1 aliphatic heterocycles. The van der Waals surface area contributed by atoms with E-state index in [9.17, 15) is 0 Å². The second-order valence-corrected chi connectivity index (χ2v) is 9.23. The van der Waals surface area contributed by atoms with Gasteiger partial charge in [0.1, 0.15) is 6.61 Å². The number of benzene rings is 3. The highest BCUT2D eigenvalue weighted by molar-refractivity contribution is 9.10. The van der Waals surface area contributed by atoms with Gasteiger partial charge in [-0.1, -0.05) is 60.2 Å². The van der Waals surface area contributed by atoms with Crippen molar-refractivity contribution in [3.63, 3.8) is 0 Å². The maximum absolute atomic E-state index is 6.17. The molecular weight excluding hydrogens is 450 g/mol. The van der Waals surface area contributed by atoms with Crippen LogP contribution >= 0.6 is 15.9 Å². The van der Waals surface area contributed by atoms with Crippen LogP contribution < -0.4 is 14.8 Å². The fraction of sp³-hybridized carbons (Fsp3) is 0.259. The summed E-state index contributed by atoms with van der Waals surface area (Å²) in [6.07, 6.45) is 5.75. The molecule has 158 valence electrons. The van der Waals surface area contributed by atoms with Crippen molar-refractivity contribution in [1.29, 1.82) is 0 Å². The largest absolute Gasteiger partial charge is 0.493 e. The van der Waals surface area contributed by atoms with Crippen LogP contribution in [0.4, 0.5) is 5.69 Å². The molecule has 3 atom stereocenters. The molecule has 1 N–H and O–H groups in total. The number of methoxy groups -OCH3 is 1. The summed E-state index contributed by atoms with van der Waals surface area (Å²) in [7, 11) is 1.70. The minimum absolute atomic E-state index is 0.214. The molecule has 0 bridgehead atoms. The highest BCUT2D eigenvalue weighted by atomic mass is 79.9. The van der Waals surface area contributed by atoms with E-state index in [4.69, 9.17) is 9.47 Å². The Balaban J connectivity index is 1.44. The number of fused-ring (bicyclic) bond motifs is 3. The first-order chi connectivity index (χ1) is 15.1. The van der Waals surface area contributed by atoms with Gasteiger partial charge in [0.05, 0.1) is 17.6 Å². The van der Waals surface area contributed by atoms with Crippen LogP contribution in [0.25, 0.3) is 0 Å². The normalized spacial score (nSPS) is 21.2. The monoisotopic (exact) mass is 475 g/mol. The zero-order valence-electron chi connectivity index (χ0n) is 17.8. The van der Waals surface area contributed by atoms with E-state index in [0.717, 1.165) is 28.0 Å². The maximum Gasteiger partial charge on any atom is 0.175 e. The van der Waals surface area contributed by atoms with Gasteiger partial charge in [0.25, 0.3) is 0 Å². The number of ether oxygens (including phenoxy) is 2. The Bertz CT molecular complexity index is 1120. The third kappa shape index (κ3) is 3.85. The lowest BCUT2D eigenvalue weighted by Gasteiger charge is -2.37. The van der Waals surface area contributed by atoms with E-state index in [1.54, 1.807) is 7.11 Å². The Hall–Kier alpha value is -2.72. The van der Waals surface area contributed by atoms with Gasteiger partial charge < -0.3 is 14.8 Å². The van der Waals surface area contributed by atoms with Gasteiger partial charge in [-0.3, -0.25) is 0 Å². The zero-order chi connectivity index (χ0) is 21.4. The second kappa shape index (κ2) is 8.43. The number of rotatable bonds is 5. The average Bonchev–Trinajstić information content (AvgIpc) is 3.28. The van der Waals surface area contributed by atoms with Crippen molar-refractivity contribution in [2.75, 3.05) is 12.4 Å². The Kier molecular flexibility index (Phi) is 5.49. The van der Waals surface area contributed by atoms with Crippen LogP contribution in [-0.2, 0) is 6.61 Å². The van der Waals surface area contributed by atoms with Crippen molar-refractivity contribution in [2.24, 2.45) is 5.92 Å². The zero-order valence-corrected chi connectivity index (χ0v) is 19.4. The van der Waals surface area contributed by atoms with Gasteiger partial charge >= 0.3 is 0 Å². The number of hydrogen-bond acceptors (Lipinski definition) is 3. The summed E-state index contributed by atoms with van der Waals surface area (Å²) in [5, 5.41) is 3.79. The van der Waals surface area contributed by atoms with Gasteiger partial charge in [-0.15, -0.1) is 0 Å². The molecule has 31 heavy (non-hydrogen) atoms. The first-order valence-electron chi connectivity index (χ1n) is 10.7. The summed E-state index contributed by atoms with van der Waals surface area (Å²) >= 11 is 3.75. The summed E-state index contributed by atoms with van der Waals surface area (Å²) in [6, 6.07) is 21.6. The van der Waals surface area contributed by atoms with Crippen molar-refractivity contribution >= 4 is 21.6 Å². The number of nitrogens with one attached hydrogen (secondary N) is 1. The molecule has 1 aliphatic carbocycles. The van der Waals surface area contributed by atoms with Crippen molar-refractivity contribution < 1.29 is 9.47 Å². The van der Waals surface area contributed by atoms with Crippen LogP contribution in [0.5, 0.6) is 11.5 Å². The van der Waals surface area contributed by atoms with Crippen molar-refractivity contribution in [3.05, 3.63) is 99.5 Å². The molecule has 0 saturated carbocycles. The molecule has 2 aliphatic rings. The fourth-order valence-corrected chi connectivity index (χ4v) is 5.35. The maximum atomic E-state index is 6.17. The summed E-state index contributed by atoms with van der Waals surface area (Å²) < 4.78 is 12.8. The Labute approximate surface area is 192 Å². The van der Waals surface area contributed by atoms with Gasteiger partial charge in [-0.2, -0.15) is 0 Å². The van der Waals surface area contributed by atoms with Crippen LogP contribution in [0.2, 0.25) is 0 Å². The lowest BCUT2D eigenvalue weighted by atomic mass is 9.77. The van der Waals surface area contributed by atoms with Crippen LogP contribution in [0, 0.1) is 12.8 Å². The van der Waals surface area contributed by atoms with E-state index in [1.807, 2.05) is 0 Å². The number of anilines is 1. The van der Waals surface area contributed by atoms with Crippen LogP contribution in [-0.4, -0.2) is 7.11 Å². The van der Waals surface area contributed by atoms with Crippen LogP contribution in [0.1, 0.15) is 40.6 Å². The average molecular weight is 476 g/mol. The number of aryl methyl sites for hydroxylation is 1. The highest BCUT2D eigenvalue weighted by Gasteiger charge is 2.38. The number of allylic oxidation sites excluding steroid dienone is 2. The molecule has 1 heterocycles. The number of para-hydroxylation sites is 1. The van der Waals surface area contributed by atoms with Crippen LogP contribution in [0.3, 0.4) is 0 Å². The van der Waals surface area contributed by atoms with E-state index < -0.39 is 0 Å². The third-order valence-electron chi connectivity index (χ3n) is 6.39. The SMILES string of the molecule is COc1cc([C@@H]2Nc3ccccc3[C@@H]3C=CC[C@@H]32)cc(Br)c1OCc1ccc(C)cc1. The summed E-state index contributed by atoms with van der Waals surface area (Å²) in [5.41, 5.74) is 6.19. The second-order valence-electron chi connectivity index (χ2n) is 8.37. The number of hydrogen-bond donors (Lipinski definition) is 1. The Morgan fingerprint density at radius 3 is 2.68 bits per heavy atom. The molecule has 0 unspecified atom stereocenters. The molecule has 0 saturated heterocycles. The minimum Gasteiger partial charge on any atom is -0.493 e. The topological polar surface area (TPSA) is 30.5 Å². The smallest absolute Gasteiger partial charge is 0.175 e. The van der Waals surface area contributed by atoms with Crippen molar-refractivity contribution in [3.8, 4) is 11.5 Å². The molecule has 0 amide bonds. The molecular formula is C27H26BrNO2. The van der Waals surface area contributed by atoms with Gasteiger partial charge in [0.2, 0.25) is 0 Å². The molecule has 3 aromatic carbocycles. The molecule has 3 aromatic rings. The molecule has 3 nitrogen and oxygen atoms in total. The Morgan fingerprint density at radius 2 is 1.87 bits per heavy atom. The highest BCUT2D eigenvalue weighted by Crippen LogP contribution is 2.51. The van der Waals surface area contributed by atoms with Crippen molar-refractivity contribution in [2.45, 2.75) is 31.9 Å². The van der Waals surface area contributed by atoms with Gasteiger partial charge in [-0.05, 0) is 70.1 Å². The lowest BCUT2D eigenvalue weighted by molar-refractivity contribution is 0.282. The van der Waals surface area contributed by atoms with Crippen LogP contribution in [0.15, 0.2) is 77.3 Å². The van der Waals surface area contributed by atoms with Gasteiger partial charge in [-0.25, -0.2) is 0 Å². The quantitative estimate of drug-likeness (QED) is 0.396. The van der Waals surface area contributed by atoms with E-state index in [0.29, 0.717) is 18.4 Å². The standard InChI is InChI=1S/C27H26BrNO2/c1-17-10-12-18(13-11-17)16-31-27-23(28)14-19(15-25(27)30-2)26-22-8-5-7-20(22)21-6-3-4-9-24(21)29-26/h3-7,9-15,20,22,26,29H,8,16H2,1-2H3/t20-,22-,26-/m0/s1. The summed E-state index contributed by atoms with van der Waals surface area (Å²) in [6.45, 7) is 2.59. The first kappa shape index (κ1) is 20.2. The molecule has 0 fully saturated rings. The van der Waals surface area contributed by atoms with E-state index >= 15 is 0 Å². The predicted molar refractivity (Wildman–Crippen MR) is 129 cm³/mol.